The van der Waals surface area contributed by atoms with Crippen molar-refractivity contribution in [3.8, 4) is 0 Å². The summed E-state index contributed by atoms with van der Waals surface area (Å²) in [6.07, 6.45) is 12.1. The number of nitrogens with zero attached hydrogens (tertiary/aromatic N) is 1. The summed E-state index contributed by atoms with van der Waals surface area (Å²) in [5, 5.41) is 3.84. The fourth-order valence-electron chi connectivity index (χ4n) is 4.69. The Balaban J connectivity index is 1.90. The summed E-state index contributed by atoms with van der Waals surface area (Å²) >= 11 is 7.05. The minimum atomic E-state index is -0.0778. The van der Waals surface area contributed by atoms with Gasteiger partial charge in [0.15, 0.2) is 0 Å². The van der Waals surface area contributed by atoms with E-state index in [0.29, 0.717) is 6.04 Å². The van der Waals surface area contributed by atoms with Crippen LogP contribution in [0.2, 0.25) is 0 Å². The van der Waals surface area contributed by atoms with Crippen molar-refractivity contribution in [1.82, 2.24) is 10.2 Å². The molecular formula is C29H43ClN2. The predicted octanol–water partition coefficient (Wildman–Crippen LogP) is 7.70. The lowest BCUT2D eigenvalue weighted by Crippen LogP contribution is -2.57. The third-order valence-electron chi connectivity index (χ3n) is 7.28. The number of benzene rings is 1. The average molecular weight is 455 g/mol. The molecule has 0 aliphatic heterocycles. The van der Waals surface area contributed by atoms with Crippen molar-refractivity contribution >= 4 is 11.6 Å². The zero-order valence-electron chi connectivity index (χ0n) is 20.7. The molecule has 176 valence electrons. The molecule has 1 aromatic rings. The molecule has 0 amide bonds. The van der Waals surface area contributed by atoms with Gasteiger partial charge in [-0.15, -0.1) is 11.6 Å². The summed E-state index contributed by atoms with van der Waals surface area (Å²) in [4.78, 5) is 2.36. The third-order valence-corrected chi connectivity index (χ3v) is 7.87. The first kappa shape index (κ1) is 26.3. The van der Waals surface area contributed by atoms with Gasteiger partial charge in [0.05, 0.1) is 10.9 Å². The number of nitrogens with one attached hydrogen (secondary N) is 1. The van der Waals surface area contributed by atoms with E-state index in [1.54, 1.807) is 0 Å². The summed E-state index contributed by atoms with van der Waals surface area (Å²) in [5.41, 5.74) is 6.13. The summed E-state index contributed by atoms with van der Waals surface area (Å²) in [5.74, 6) is 0. The number of allylic oxidation sites excluding steroid dienone is 5. The van der Waals surface area contributed by atoms with Crippen LogP contribution in [-0.4, -0.2) is 28.9 Å². The van der Waals surface area contributed by atoms with Gasteiger partial charge in [-0.1, -0.05) is 74.2 Å². The molecule has 1 aliphatic carbocycles. The number of halogens is 1. The maximum atomic E-state index is 7.05. The molecule has 0 spiro atoms. The lowest BCUT2D eigenvalue weighted by Gasteiger charge is -2.48. The van der Waals surface area contributed by atoms with Gasteiger partial charge in [-0.05, 0) is 70.8 Å². The van der Waals surface area contributed by atoms with Crippen LogP contribution < -0.4 is 5.32 Å². The van der Waals surface area contributed by atoms with Crippen molar-refractivity contribution < 1.29 is 0 Å². The Bertz CT molecular complexity index is 807. The Labute approximate surface area is 202 Å². The first-order chi connectivity index (χ1) is 15.2. The largest absolute Gasteiger partial charge is 0.382 e. The van der Waals surface area contributed by atoms with Crippen molar-refractivity contribution in [3.63, 3.8) is 0 Å². The van der Waals surface area contributed by atoms with E-state index in [2.05, 4.69) is 88.1 Å². The maximum absolute atomic E-state index is 7.05. The molecular weight excluding hydrogens is 412 g/mol. The molecule has 1 saturated carbocycles. The van der Waals surface area contributed by atoms with Gasteiger partial charge in [0.1, 0.15) is 0 Å². The predicted molar refractivity (Wildman–Crippen MR) is 142 cm³/mol. The molecule has 0 aromatic heterocycles. The number of hydrogen-bond donors (Lipinski definition) is 1. The number of rotatable bonds is 12. The summed E-state index contributed by atoms with van der Waals surface area (Å²) in [6, 6.07) is 9.22. The van der Waals surface area contributed by atoms with E-state index in [1.807, 2.05) is 6.08 Å². The molecule has 0 heterocycles. The van der Waals surface area contributed by atoms with E-state index in [0.717, 1.165) is 57.1 Å². The van der Waals surface area contributed by atoms with Crippen LogP contribution >= 0.6 is 11.6 Å². The lowest BCUT2D eigenvalue weighted by molar-refractivity contribution is 0.157. The normalized spacial score (nSPS) is 23.5. The first-order valence-electron chi connectivity index (χ1n) is 12.1. The molecule has 0 bridgehead atoms. The molecule has 1 aromatic carbocycles. The van der Waals surface area contributed by atoms with E-state index >= 15 is 0 Å². The fourth-order valence-corrected chi connectivity index (χ4v) is 5.22. The van der Waals surface area contributed by atoms with Crippen molar-refractivity contribution in [2.75, 3.05) is 7.05 Å². The highest BCUT2D eigenvalue weighted by Gasteiger charge is 2.42. The van der Waals surface area contributed by atoms with Gasteiger partial charge >= 0.3 is 0 Å². The van der Waals surface area contributed by atoms with Gasteiger partial charge in [-0.2, -0.15) is 0 Å². The Morgan fingerprint density at radius 2 is 1.91 bits per heavy atom. The Hall–Kier alpha value is -1.93. The first-order valence-corrected chi connectivity index (χ1v) is 12.5. The second kappa shape index (κ2) is 12.3. The Morgan fingerprint density at radius 1 is 1.22 bits per heavy atom. The lowest BCUT2D eigenvalue weighted by atomic mass is 9.76. The number of hydrogen-bond acceptors (Lipinski definition) is 2. The molecule has 0 radical (unpaired) electrons. The molecule has 2 rings (SSSR count). The van der Waals surface area contributed by atoms with Crippen molar-refractivity contribution in [2.45, 2.75) is 89.1 Å². The quantitative estimate of drug-likeness (QED) is 0.257. The van der Waals surface area contributed by atoms with Gasteiger partial charge < -0.3 is 10.2 Å². The van der Waals surface area contributed by atoms with Crippen LogP contribution in [0.25, 0.3) is 0 Å². The highest BCUT2D eigenvalue weighted by atomic mass is 35.5. The van der Waals surface area contributed by atoms with Crippen LogP contribution in [0.3, 0.4) is 0 Å². The molecule has 1 fully saturated rings. The van der Waals surface area contributed by atoms with Crippen molar-refractivity contribution in [2.24, 2.45) is 0 Å². The van der Waals surface area contributed by atoms with Gasteiger partial charge in [-0.3, -0.25) is 0 Å². The zero-order chi connectivity index (χ0) is 23.7. The fraction of sp³-hybridized carbons (Fsp3) is 0.517. The Kier molecular flexibility index (Phi) is 10.2. The second-order valence-electron chi connectivity index (χ2n) is 9.36. The van der Waals surface area contributed by atoms with Crippen LogP contribution in [0, 0.1) is 6.92 Å². The summed E-state index contributed by atoms with van der Waals surface area (Å²) < 4.78 is 0. The van der Waals surface area contributed by atoms with Crippen molar-refractivity contribution in [3.05, 3.63) is 84.2 Å². The summed E-state index contributed by atoms with van der Waals surface area (Å²) in [7, 11) is 2.17. The van der Waals surface area contributed by atoms with E-state index in [9.17, 15) is 0 Å². The van der Waals surface area contributed by atoms with Crippen LogP contribution in [0.15, 0.2) is 73.1 Å². The van der Waals surface area contributed by atoms with Gasteiger partial charge in [0.25, 0.3) is 0 Å². The van der Waals surface area contributed by atoms with Crippen LogP contribution in [0.5, 0.6) is 0 Å². The number of aryl methyl sites for hydroxylation is 2. The topological polar surface area (TPSA) is 15.3 Å². The second-order valence-corrected chi connectivity index (χ2v) is 9.89. The molecule has 2 nitrogen and oxygen atoms in total. The van der Waals surface area contributed by atoms with Gasteiger partial charge in [-0.25, -0.2) is 0 Å². The number of alkyl halides is 1. The highest BCUT2D eigenvalue weighted by molar-refractivity contribution is 6.21. The highest BCUT2D eigenvalue weighted by Crippen LogP contribution is 2.38. The summed E-state index contributed by atoms with van der Waals surface area (Å²) in [6.45, 7) is 19.0. The van der Waals surface area contributed by atoms with Crippen LogP contribution in [-0.2, 0) is 6.42 Å². The molecule has 32 heavy (non-hydrogen) atoms. The third kappa shape index (κ3) is 7.04. The molecule has 3 unspecified atom stereocenters. The van der Waals surface area contributed by atoms with E-state index in [4.69, 9.17) is 11.6 Å². The average Bonchev–Trinajstić information content (AvgIpc) is 2.80. The molecule has 0 saturated heterocycles. The minimum absolute atomic E-state index is 0.0666. The molecule has 1 N–H and O–H groups in total. The Morgan fingerprint density at radius 3 is 2.47 bits per heavy atom. The smallest absolute Gasteiger partial charge is 0.0585 e. The zero-order valence-corrected chi connectivity index (χ0v) is 21.5. The monoisotopic (exact) mass is 454 g/mol. The van der Waals surface area contributed by atoms with E-state index < -0.39 is 0 Å². The minimum Gasteiger partial charge on any atom is -0.382 e. The maximum Gasteiger partial charge on any atom is 0.0585 e. The van der Waals surface area contributed by atoms with Gasteiger partial charge in [0.2, 0.25) is 0 Å². The SMILES string of the molecule is C=C/C(=C\C)CCC(=C)N(C)C1CCC(CC)(NC(=C)CCc2ccc(C)cc2)C(Cl)C1. The van der Waals surface area contributed by atoms with E-state index in [1.165, 1.54) is 22.4 Å². The van der Waals surface area contributed by atoms with E-state index in [-0.39, 0.29) is 10.9 Å². The molecule has 3 atom stereocenters. The standard InChI is InChI=1S/C29H43ClN2/c1-8-25(9-2)18-14-24(6)32(7)27-19-20-29(10-3,28(30)21-27)31-23(5)13-17-26-15-11-22(4)12-16-26/h8-9,11-12,15-16,27-28,31H,1,5-6,10,13-14,17-21H2,2-4,7H3/b25-9+. The van der Waals surface area contributed by atoms with Crippen LogP contribution in [0.1, 0.15) is 69.9 Å². The van der Waals surface area contributed by atoms with Crippen molar-refractivity contribution in [1.29, 1.82) is 0 Å². The van der Waals surface area contributed by atoms with Gasteiger partial charge in [0, 0.05) is 24.5 Å². The molecule has 3 heteroatoms. The van der Waals surface area contributed by atoms with Crippen LogP contribution in [0.4, 0.5) is 0 Å². The molecule has 1 aliphatic rings.